The van der Waals surface area contributed by atoms with E-state index in [2.05, 4.69) is 9.71 Å². The van der Waals surface area contributed by atoms with E-state index in [0.29, 0.717) is 35.1 Å². The summed E-state index contributed by atoms with van der Waals surface area (Å²) in [5, 5.41) is 0. The number of oxazole rings is 1. The molecule has 1 N–H and O–H groups in total. The lowest BCUT2D eigenvalue weighted by molar-refractivity contribution is 0.0500. The molecule has 174 valence electrons. The molecule has 8 heteroatoms. The average Bonchev–Trinajstić information content (AvgIpc) is 3.35. The molecule has 3 aromatic carbocycles. The van der Waals surface area contributed by atoms with Crippen molar-refractivity contribution in [2.45, 2.75) is 24.7 Å². The van der Waals surface area contributed by atoms with Gasteiger partial charge in [0.05, 0.1) is 23.3 Å². The van der Waals surface area contributed by atoms with Crippen molar-refractivity contribution < 1.29 is 22.4 Å². The van der Waals surface area contributed by atoms with Crippen LogP contribution in [0.25, 0.3) is 22.8 Å². The molecule has 0 saturated carbocycles. The molecule has 0 amide bonds. The lowest BCUT2D eigenvalue weighted by Crippen LogP contribution is -2.13. The van der Waals surface area contributed by atoms with Crippen LogP contribution in [0.5, 0.6) is 0 Å². The summed E-state index contributed by atoms with van der Waals surface area (Å²) < 4.78 is 39.1. The van der Waals surface area contributed by atoms with Crippen LogP contribution in [0.4, 0.5) is 5.69 Å². The predicted molar refractivity (Wildman–Crippen MR) is 130 cm³/mol. The van der Waals surface area contributed by atoms with Gasteiger partial charge in [-0.1, -0.05) is 43.7 Å². The highest BCUT2D eigenvalue weighted by atomic mass is 32.2. The number of aromatic nitrogens is 1. The molecule has 0 radical (unpaired) electrons. The van der Waals surface area contributed by atoms with Crippen molar-refractivity contribution in [3.63, 3.8) is 0 Å². The number of hydrogen-bond donors (Lipinski definition) is 1. The van der Waals surface area contributed by atoms with Gasteiger partial charge < -0.3 is 9.15 Å². The van der Waals surface area contributed by atoms with Crippen molar-refractivity contribution in [1.82, 2.24) is 4.98 Å². The summed E-state index contributed by atoms with van der Waals surface area (Å²) in [4.78, 5) is 16.4. The van der Waals surface area contributed by atoms with Crippen molar-refractivity contribution in [2.24, 2.45) is 0 Å². The third kappa shape index (κ3) is 5.52. The number of unbranched alkanes of at least 4 members (excludes halogenated alkanes) is 1. The van der Waals surface area contributed by atoms with Crippen molar-refractivity contribution in [1.29, 1.82) is 0 Å². The Balaban J connectivity index is 1.43. The largest absolute Gasteiger partial charge is 0.462 e. The minimum Gasteiger partial charge on any atom is -0.462 e. The number of anilines is 1. The smallest absolute Gasteiger partial charge is 0.338 e. The Kier molecular flexibility index (Phi) is 7.08. The number of hydrogen-bond acceptors (Lipinski definition) is 6. The molecule has 0 aliphatic carbocycles. The van der Waals surface area contributed by atoms with Crippen LogP contribution in [0.1, 0.15) is 30.1 Å². The second-order valence-electron chi connectivity index (χ2n) is 7.59. The number of sulfonamides is 1. The highest BCUT2D eigenvalue weighted by molar-refractivity contribution is 7.92. The number of nitrogens with one attached hydrogen (secondary N) is 1. The normalized spacial score (nSPS) is 11.2. The topological polar surface area (TPSA) is 98.5 Å². The third-order valence-corrected chi connectivity index (χ3v) is 6.48. The number of esters is 1. The van der Waals surface area contributed by atoms with Crippen LogP contribution in [0.3, 0.4) is 0 Å². The number of benzene rings is 3. The van der Waals surface area contributed by atoms with Gasteiger partial charge in [-0.3, -0.25) is 4.72 Å². The molecular formula is C26H24N2O5S. The van der Waals surface area contributed by atoms with E-state index in [-0.39, 0.29) is 4.90 Å². The average molecular weight is 477 g/mol. The van der Waals surface area contributed by atoms with Crippen molar-refractivity contribution in [2.75, 3.05) is 11.3 Å². The van der Waals surface area contributed by atoms with E-state index in [1.807, 2.05) is 37.3 Å². The number of rotatable bonds is 9. The van der Waals surface area contributed by atoms with Gasteiger partial charge in [-0.2, -0.15) is 0 Å². The zero-order chi connectivity index (χ0) is 24.0. The molecule has 0 atom stereocenters. The van der Waals surface area contributed by atoms with Gasteiger partial charge in [-0.05, 0) is 55.0 Å². The van der Waals surface area contributed by atoms with E-state index >= 15 is 0 Å². The van der Waals surface area contributed by atoms with Crippen LogP contribution < -0.4 is 4.72 Å². The van der Waals surface area contributed by atoms with E-state index in [4.69, 9.17) is 9.15 Å². The monoisotopic (exact) mass is 476 g/mol. The van der Waals surface area contributed by atoms with Crippen LogP contribution in [0.2, 0.25) is 0 Å². The Labute approximate surface area is 198 Å². The fourth-order valence-corrected chi connectivity index (χ4v) is 4.26. The Morgan fingerprint density at radius 2 is 1.65 bits per heavy atom. The first kappa shape index (κ1) is 23.3. The summed E-state index contributed by atoms with van der Waals surface area (Å²) in [6.45, 7) is 2.37. The first-order valence-electron chi connectivity index (χ1n) is 10.9. The van der Waals surface area contributed by atoms with Crippen LogP contribution in [0.15, 0.2) is 94.4 Å². The molecule has 34 heavy (non-hydrogen) atoms. The van der Waals surface area contributed by atoms with Crippen molar-refractivity contribution in [3.05, 3.63) is 90.6 Å². The molecule has 0 aliphatic rings. The molecule has 1 heterocycles. The van der Waals surface area contributed by atoms with Gasteiger partial charge in [-0.25, -0.2) is 18.2 Å². The lowest BCUT2D eigenvalue weighted by atomic mass is 10.2. The number of nitrogens with zero attached hydrogens (tertiary/aromatic N) is 1. The van der Waals surface area contributed by atoms with Gasteiger partial charge in [-0.15, -0.1) is 0 Å². The summed E-state index contributed by atoms with van der Waals surface area (Å²) in [5.41, 5.74) is 2.27. The van der Waals surface area contributed by atoms with Gasteiger partial charge in [0, 0.05) is 16.8 Å². The Bertz CT molecular complexity index is 1350. The molecule has 0 spiro atoms. The summed E-state index contributed by atoms with van der Waals surface area (Å²) in [6.07, 6.45) is 3.37. The maximum absolute atomic E-state index is 12.8. The molecule has 0 fully saturated rings. The fraction of sp³-hybridized carbons (Fsp3) is 0.154. The van der Waals surface area contributed by atoms with Gasteiger partial charge in [0.25, 0.3) is 10.0 Å². The molecule has 0 unspecified atom stereocenters. The Morgan fingerprint density at radius 3 is 2.32 bits per heavy atom. The maximum Gasteiger partial charge on any atom is 0.338 e. The van der Waals surface area contributed by atoms with Gasteiger partial charge in [0.1, 0.15) is 0 Å². The summed E-state index contributed by atoms with van der Waals surface area (Å²) in [5.74, 6) is 0.601. The molecule has 4 aromatic rings. The molecule has 0 bridgehead atoms. The first-order chi connectivity index (χ1) is 16.5. The van der Waals surface area contributed by atoms with E-state index in [9.17, 15) is 13.2 Å². The fourth-order valence-electron chi connectivity index (χ4n) is 3.20. The maximum atomic E-state index is 12.8. The van der Waals surface area contributed by atoms with E-state index in [0.717, 1.165) is 18.4 Å². The minimum absolute atomic E-state index is 0.0918. The third-order valence-electron chi connectivity index (χ3n) is 5.08. The van der Waals surface area contributed by atoms with E-state index in [1.165, 1.54) is 36.4 Å². The van der Waals surface area contributed by atoms with Crippen molar-refractivity contribution >= 4 is 21.7 Å². The van der Waals surface area contributed by atoms with Crippen LogP contribution in [0, 0.1) is 0 Å². The molecule has 0 saturated heterocycles. The molecule has 1 aromatic heterocycles. The SMILES string of the molecule is CCCCOC(=O)c1ccc(NS(=O)(=O)c2ccc(-c3ncc(-c4ccccc4)o3)cc2)cc1. The van der Waals surface area contributed by atoms with Gasteiger partial charge in [0.15, 0.2) is 5.76 Å². The second-order valence-corrected chi connectivity index (χ2v) is 9.27. The standard InChI is InChI=1S/C26H24N2O5S/c1-2-3-17-32-26(29)21-9-13-22(14-10-21)28-34(30,31)23-15-11-20(12-16-23)25-27-18-24(33-25)19-7-5-4-6-8-19/h4-16,18,28H,2-3,17H2,1H3. The predicted octanol–water partition coefficient (Wildman–Crippen LogP) is 5.77. The molecule has 0 aliphatic heterocycles. The zero-order valence-corrected chi connectivity index (χ0v) is 19.4. The van der Waals surface area contributed by atoms with E-state index < -0.39 is 16.0 Å². The number of carbonyl (C=O) groups is 1. The highest BCUT2D eigenvalue weighted by Crippen LogP contribution is 2.27. The quantitative estimate of drug-likeness (QED) is 0.243. The van der Waals surface area contributed by atoms with Gasteiger partial charge in [0.2, 0.25) is 5.89 Å². The lowest BCUT2D eigenvalue weighted by Gasteiger charge is -2.09. The molecule has 4 rings (SSSR count). The number of ether oxygens (including phenoxy) is 1. The second kappa shape index (κ2) is 10.4. The summed E-state index contributed by atoms with van der Waals surface area (Å²) in [7, 11) is -3.82. The summed E-state index contributed by atoms with van der Waals surface area (Å²) >= 11 is 0. The molecule has 7 nitrogen and oxygen atoms in total. The minimum atomic E-state index is -3.82. The van der Waals surface area contributed by atoms with Crippen LogP contribution >= 0.6 is 0 Å². The Morgan fingerprint density at radius 1 is 0.941 bits per heavy atom. The van der Waals surface area contributed by atoms with Crippen LogP contribution in [-0.2, 0) is 14.8 Å². The zero-order valence-electron chi connectivity index (χ0n) is 18.6. The van der Waals surface area contributed by atoms with Gasteiger partial charge >= 0.3 is 5.97 Å². The van der Waals surface area contributed by atoms with Crippen molar-refractivity contribution in [3.8, 4) is 22.8 Å². The first-order valence-corrected chi connectivity index (χ1v) is 12.4. The molecular weight excluding hydrogens is 452 g/mol. The van der Waals surface area contributed by atoms with Crippen LogP contribution in [-0.4, -0.2) is 26.0 Å². The highest BCUT2D eigenvalue weighted by Gasteiger charge is 2.16. The van der Waals surface area contributed by atoms with E-state index in [1.54, 1.807) is 18.3 Å². The summed E-state index contributed by atoms with van der Waals surface area (Å²) in [6, 6.07) is 22.0. The Hall–Kier alpha value is -3.91. The number of carbonyl (C=O) groups excluding carboxylic acids is 1.